The van der Waals surface area contributed by atoms with Crippen molar-refractivity contribution in [3.05, 3.63) is 38.7 Å². The molecule has 0 spiro atoms. The van der Waals surface area contributed by atoms with Gasteiger partial charge in [0, 0.05) is 18.8 Å². The van der Waals surface area contributed by atoms with Gasteiger partial charge in [-0.3, -0.25) is 19.1 Å². The number of aromatic nitrogens is 3. The molecule has 1 saturated carbocycles. The van der Waals surface area contributed by atoms with Crippen LogP contribution in [0.2, 0.25) is 0 Å². The van der Waals surface area contributed by atoms with Crippen molar-refractivity contribution >= 4 is 16.9 Å². The van der Waals surface area contributed by atoms with Crippen molar-refractivity contribution in [3.63, 3.8) is 0 Å². The number of hydrogen-bond donors (Lipinski definition) is 2. The zero-order chi connectivity index (χ0) is 16.4. The number of aromatic amines is 1. The number of aryl methyl sites for hydroxylation is 1. The molecule has 2 aromatic heterocycles. The summed E-state index contributed by atoms with van der Waals surface area (Å²) in [5.74, 6) is -0.222. The molecule has 3 rings (SSSR count). The zero-order valence-electron chi connectivity index (χ0n) is 13.1. The van der Waals surface area contributed by atoms with Crippen LogP contribution >= 0.6 is 0 Å². The van der Waals surface area contributed by atoms with Crippen LogP contribution in [0.15, 0.2) is 21.9 Å². The average Bonchev–Trinajstić information content (AvgIpc) is 2.56. The highest BCUT2D eigenvalue weighted by molar-refractivity contribution is 5.96. The SMILES string of the molecule is CCn1c(=O)[nH]c(=O)c2cc(C(=O)NC3CCCCC3)cnc21. The lowest BCUT2D eigenvalue weighted by Crippen LogP contribution is -2.36. The lowest BCUT2D eigenvalue weighted by Gasteiger charge is -2.22. The van der Waals surface area contributed by atoms with E-state index in [-0.39, 0.29) is 17.3 Å². The molecule has 1 amide bonds. The second-order valence-corrected chi connectivity index (χ2v) is 5.91. The van der Waals surface area contributed by atoms with Gasteiger partial charge in [-0.2, -0.15) is 0 Å². The zero-order valence-corrected chi connectivity index (χ0v) is 13.1. The van der Waals surface area contributed by atoms with Gasteiger partial charge in [0.25, 0.3) is 11.5 Å². The van der Waals surface area contributed by atoms with Crippen molar-refractivity contribution in [3.8, 4) is 0 Å². The van der Waals surface area contributed by atoms with Crippen LogP contribution in [-0.2, 0) is 6.54 Å². The summed E-state index contributed by atoms with van der Waals surface area (Å²) in [5.41, 5.74) is -0.364. The largest absolute Gasteiger partial charge is 0.349 e. The van der Waals surface area contributed by atoms with Crippen molar-refractivity contribution in [1.29, 1.82) is 0 Å². The minimum Gasteiger partial charge on any atom is -0.349 e. The maximum absolute atomic E-state index is 12.4. The summed E-state index contributed by atoms with van der Waals surface area (Å²) in [7, 11) is 0. The number of pyridine rings is 1. The van der Waals surface area contributed by atoms with Crippen LogP contribution in [0.1, 0.15) is 49.4 Å². The molecule has 122 valence electrons. The Hall–Kier alpha value is -2.44. The molecule has 1 aliphatic carbocycles. The molecule has 2 heterocycles. The van der Waals surface area contributed by atoms with Crippen LogP contribution in [-0.4, -0.2) is 26.5 Å². The number of rotatable bonds is 3. The highest BCUT2D eigenvalue weighted by Crippen LogP contribution is 2.18. The summed E-state index contributed by atoms with van der Waals surface area (Å²) in [6.07, 6.45) is 6.87. The summed E-state index contributed by atoms with van der Waals surface area (Å²) in [5, 5.41) is 3.25. The molecule has 1 aliphatic rings. The maximum Gasteiger partial charge on any atom is 0.329 e. The number of nitrogens with one attached hydrogen (secondary N) is 2. The van der Waals surface area contributed by atoms with Gasteiger partial charge in [0.15, 0.2) is 0 Å². The number of nitrogens with zero attached hydrogens (tertiary/aromatic N) is 2. The first-order valence-electron chi connectivity index (χ1n) is 8.04. The molecule has 0 aromatic carbocycles. The second kappa shape index (κ2) is 6.36. The van der Waals surface area contributed by atoms with Gasteiger partial charge < -0.3 is 5.32 Å². The van der Waals surface area contributed by atoms with Gasteiger partial charge in [-0.1, -0.05) is 19.3 Å². The normalized spacial score (nSPS) is 15.7. The maximum atomic E-state index is 12.4. The third-order valence-electron chi connectivity index (χ3n) is 4.35. The Morgan fingerprint density at radius 1 is 1.35 bits per heavy atom. The van der Waals surface area contributed by atoms with E-state index < -0.39 is 11.2 Å². The summed E-state index contributed by atoms with van der Waals surface area (Å²) >= 11 is 0. The average molecular weight is 316 g/mol. The van der Waals surface area contributed by atoms with Gasteiger partial charge in [-0.25, -0.2) is 9.78 Å². The Labute approximate surface area is 132 Å². The quantitative estimate of drug-likeness (QED) is 0.888. The van der Waals surface area contributed by atoms with E-state index in [2.05, 4.69) is 15.3 Å². The molecule has 23 heavy (non-hydrogen) atoms. The van der Waals surface area contributed by atoms with Gasteiger partial charge in [0.05, 0.1) is 10.9 Å². The third-order valence-corrected chi connectivity index (χ3v) is 4.35. The molecule has 0 aliphatic heterocycles. The van der Waals surface area contributed by atoms with E-state index >= 15 is 0 Å². The van der Waals surface area contributed by atoms with Gasteiger partial charge in [0.2, 0.25) is 0 Å². The van der Waals surface area contributed by atoms with Gasteiger partial charge >= 0.3 is 5.69 Å². The molecular weight excluding hydrogens is 296 g/mol. The fourth-order valence-corrected chi connectivity index (χ4v) is 3.10. The molecule has 1 fully saturated rings. The molecule has 2 N–H and O–H groups in total. The fourth-order valence-electron chi connectivity index (χ4n) is 3.10. The van der Waals surface area contributed by atoms with E-state index in [1.807, 2.05) is 0 Å². The van der Waals surface area contributed by atoms with Crippen LogP contribution in [0.5, 0.6) is 0 Å². The van der Waals surface area contributed by atoms with Gasteiger partial charge in [-0.05, 0) is 25.8 Å². The van der Waals surface area contributed by atoms with Crippen molar-refractivity contribution in [2.75, 3.05) is 0 Å². The second-order valence-electron chi connectivity index (χ2n) is 5.91. The van der Waals surface area contributed by atoms with E-state index in [1.165, 1.54) is 23.3 Å². The molecule has 0 saturated heterocycles. The van der Waals surface area contributed by atoms with Gasteiger partial charge in [-0.15, -0.1) is 0 Å². The summed E-state index contributed by atoms with van der Waals surface area (Å²) in [4.78, 5) is 42.5. The molecule has 0 bridgehead atoms. The number of fused-ring (bicyclic) bond motifs is 1. The van der Waals surface area contributed by atoms with Gasteiger partial charge in [0.1, 0.15) is 5.65 Å². The van der Waals surface area contributed by atoms with E-state index in [9.17, 15) is 14.4 Å². The van der Waals surface area contributed by atoms with E-state index in [0.29, 0.717) is 17.8 Å². The minimum absolute atomic E-state index is 0.190. The Morgan fingerprint density at radius 2 is 2.09 bits per heavy atom. The fraction of sp³-hybridized carbons (Fsp3) is 0.500. The summed E-state index contributed by atoms with van der Waals surface area (Å²) in [6.45, 7) is 2.19. The van der Waals surface area contributed by atoms with Crippen LogP contribution < -0.4 is 16.6 Å². The summed E-state index contributed by atoms with van der Waals surface area (Å²) in [6, 6.07) is 1.69. The molecular formula is C16H20N4O3. The number of hydrogen-bond acceptors (Lipinski definition) is 4. The standard InChI is InChI=1S/C16H20N4O3/c1-2-20-13-12(15(22)19-16(20)23)8-10(9-17-13)14(21)18-11-6-4-3-5-7-11/h8-9,11H,2-7H2,1H3,(H,18,21)(H,19,22,23). The predicted molar refractivity (Wildman–Crippen MR) is 86.6 cm³/mol. The number of amides is 1. The van der Waals surface area contributed by atoms with Crippen LogP contribution in [0, 0.1) is 0 Å². The molecule has 7 heteroatoms. The first kappa shape index (κ1) is 15.5. The third kappa shape index (κ3) is 3.04. The highest BCUT2D eigenvalue weighted by Gasteiger charge is 2.18. The number of carbonyl (C=O) groups is 1. The molecule has 0 unspecified atom stereocenters. The van der Waals surface area contributed by atoms with Crippen LogP contribution in [0.25, 0.3) is 11.0 Å². The van der Waals surface area contributed by atoms with E-state index in [4.69, 9.17) is 0 Å². The Morgan fingerprint density at radius 3 is 2.78 bits per heavy atom. The molecule has 0 atom stereocenters. The summed E-state index contributed by atoms with van der Waals surface area (Å²) < 4.78 is 1.37. The van der Waals surface area contributed by atoms with Crippen molar-refractivity contribution in [2.45, 2.75) is 51.6 Å². The van der Waals surface area contributed by atoms with E-state index in [0.717, 1.165) is 25.7 Å². The molecule has 2 aromatic rings. The van der Waals surface area contributed by atoms with E-state index in [1.54, 1.807) is 6.92 Å². The monoisotopic (exact) mass is 316 g/mol. The first-order valence-corrected chi connectivity index (χ1v) is 8.04. The molecule has 0 radical (unpaired) electrons. The number of carbonyl (C=O) groups excluding carboxylic acids is 1. The smallest absolute Gasteiger partial charge is 0.329 e. The van der Waals surface area contributed by atoms with Crippen LogP contribution in [0.4, 0.5) is 0 Å². The Kier molecular flexibility index (Phi) is 4.27. The lowest BCUT2D eigenvalue weighted by molar-refractivity contribution is 0.0927. The van der Waals surface area contributed by atoms with Crippen molar-refractivity contribution < 1.29 is 4.79 Å². The predicted octanol–water partition coefficient (Wildman–Crippen LogP) is 1.17. The highest BCUT2D eigenvalue weighted by atomic mass is 16.2. The molecule has 7 nitrogen and oxygen atoms in total. The van der Waals surface area contributed by atoms with Crippen molar-refractivity contribution in [1.82, 2.24) is 19.9 Å². The van der Waals surface area contributed by atoms with Crippen LogP contribution in [0.3, 0.4) is 0 Å². The topological polar surface area (TPSA) is 96.9 Å². The Bertz CT molecular complexity index is 847. The van der Waals surface area contributed by atoms with Crippen molar-refractivity contribution in [2.24, 2.45) is 0 Å². The Balaban J connectivity index is 1.95. The number of H-pyrrole nitrogens is 1. The minimum atomic E-state index is -0.519. The first-order chi connectivity index (χ1) is 11.1. The lowest BCUT2D eigenvalue weighted by atomic mass is 9.95.